The minimum atomic E-state index is -0.541. The summed E-state index contributed by atoms with van der Waals surface area (Å²) >= 11 is 0. The van der Waals surface area contributed by atoms with Gasteiger partial charge in [-0.2, -0.15) is 0 Å². The van der Waals surface area contributed by atoms with E-state index in [1.165, 1.54) is 0 Å². The second-order valence-electron chi connectivity index (χ2n) is 2.81. The number of hydrogen-bond acceptors (Lipinski definition) is 6. The third-order valence-corrected chi connectivity index (χ3v) is 1.59. The van der Waals surface area contributed by atoms with Crippen molar-refractivity contribution >= 4 is 11.9 Å². The molecule has 78 valence electrons. The molecule has 1 aromatic rings. The summed E-state index contributed by atoms with van der Waals surface area (Å²) in [6.07, 6.45) is 0.514. The minimum absolute atomic E-state index is 0.180. The maximum Gasteiger partial charge on any atom is 0.316 e. The van der Waals surface area contributed by atoms with Crippen LogP contribution in [-0.4, -0.2) is 28.7 Å². The number of nitrogens with two attached hydrogens (primary N) is 2. The summed E-state index contributed by atoms with van der Waals surface area (Å²) in [5.74, 6) is -0.0461. The van der Waals surface area contributed by atoms with Gasteiger partial charge in [-0.3, -0.25) is 4.79 Å². The molecule has 0 aliphatic carbocycles. The highest BCUT2D eigenvalue weighted by atomic mass is 16.4. The van der Waals surface area contributed by atoms with Crippen LogP contribution in [-0.2, 0) is 11.2 Å². The first-order chi connectivity index (χ1) is 6.63. The second-order valence-corrected chi connectivity index (χ2v) is 2.81. The number of aromatic nitrogens is 2. The van der Waals surface area contributed by atoms with E-state index in [1.807, 2.05) is 0 Å². The third kappa shape index (κ3) is 2.70. The lowest BCUT2D eigenvalue weighted by atomic mass is 10.3. The van der Waals surface area contributed by atoms with Crippen molar-refractivity contribution in [3.63, 3.8) is 0 Å². The van der Waals surface area contributed by atoms with Crippen LogP contribution in [0.2, 0.25) is 0 Å². The molecular weight excluding hydrogens is 186 g/mol. The molecule has 0 bridgehead atoms. The van der Waals surface area contributed by atoms with Gasteiger partial charge in [-0.15, -0.1) is 5.10 Å². The molecule has 0 saturated carbocycles. The molecule has 1 aromatic heterocycles. The van der Waals surface area contributed by atoms with Crippen molar-refractivity contribution in [1.82, 2.24) is 10.2 Å². The van der Waals surface area contributed by atoms with Crippen LogP contribution >= 0.6 is 0 Å². The Labute approximate surface area is 80.8 Å². The van der Waals surface area contributed by atoms with E-state index in [0.717, 1.165) is 0 Å². The lowest BCUT2D eigenvalue weighted by molar-refractivity contribution is -0.118. The predicted octanol–water partition coefficient (Wildman–Crippen LogP) is -1.14. The van der Waals surface area contributed by atoms with E-state index in [4.69, 9.17) is 15.9 Å². The fourth-order valence-electron chi connectivity index (χ4n) is 0.793. The van der Waals surface area contributed by atoms with Gasteiger partial charge in [0.2, 0.25) is 11.8 Å². The van der Waals surface area contributed by atoms with Gasteiger partial charge in [-0.25, -0.2) is 0 Å². The smallest absolute Gasteiger partial charge is 0.316 e. The molecule has 7 heteroatoms. The second kappa shape index (κ2) is 4.56. The first kappa shape index (κ1) is 10.5. The van der Waals surface area contributed by atoms with Gasteiger partial charge in [0.25, 0.3) is 0 Å². The number of primary amides is 1. The van der Waals surface area contributed by atoms with E-state index in [2.05, 4.69) is 15.5 Å². The molecule has 0 radical (unpaired) electrons. The molecule has 1 rings (SSSR count). The van der Waals surface area contributed by atoms with E-state index in [-0.39, 0.29) is 6.01 Å². The molecule has 0 aromatic carbocycles. The van der Waals surface area contributed by atoms with Crippen LogP contribution in [0.5, 0.6) is 0 Å². The number of hydrogen-bond donors (Lipinski definition) is 3. The van der Waals surface area contributed by atoms with Crippen molar-refractivity contribution in [2.45, 2.75) is 19.4 Å². The topological polar surface area (TPSA) is 120 Å². The van der Waals surface area contributed by atoms with Gasteiger partial charge in [0.15, 0.2) is 0 Å². The van der Waals surface area contributed by atoms with Crippen molar-refractivity contribution in [2.75, 3.05) is 11.9 Å². The first-order valence-corrected chi connectivity index (χ1v) is 4.21. The molecule has 0 spiro atoms. The van der Waals surface area contributed by atoms with Gasteiger partial charge >= 0.3 is 6.01 Å². The molecule has 0 fully saturated rings. The molecule has 5 N–H and O–H groups in total. The summed E-state index contributed by atoms with van der Waals surface area (Å²) in [4.78, 5) is 10.7. The third-order valence-electron chi connectivity index (χ3n) is 1.59. The first-order valence-electron chi connectivity index (χ1n) is 4.21. The highest BCUT2D eigenvalue weighted by Gasteiger charge is 2.12. The Hall–Kier alpha value is -1.63. The summed E-state index contributed by atoms with van der Waals surface area (Å²) < 4.78 is 5.12. The maximum atomic E-state index is 10.7. The Kier molecular flexibility index (Phi) is 3.41. The normalized spacial score (nSPS) is 12.4. The Morgan fingerprint density at radius 2 is 2.36 bits per heavy atom. The molecule has 7 nitrogen and oxygen atoms in total. The van der Waals surface area contributed by atoms with Crippen molar-refractivity contribution in [2.24, 2.45) is 11.5 Å². The summed E-state index contributed by atoms with van der Waals surface area (Å²) in [6.45, 7) is 2.04. The SMILES string of the molecule is CC(Nc1nnc(CCN)o1)C(N)=O. The van der Waals surface area contributed by atoms with Crippen molar-refractivity contribution in [3.8, 4) is 0 Å². The monoisotopic (exact) mass is 199 g/mol. The van der Waals surface area contributed by atoms with Crippen LogP contribution in [0, 0.1) is 0 Å². The van der Waals surface area contributed by atoms with Gasteiger partial charge in [0, 0.05) is 13.0 Å². The summed E-state index contributed by atoms with van der Waals surface area (Å²) in [5, 5.41) is 10.0. The maximum absolute atomic E-state index is 10.7. The Morgan fingerprint density at radius 3 is 2.93 bits per heavy atom. The van der Waals surface area contributed by atoms with Crippen LogP contribution in [0.25, 0.3) is 0 Å². The zero-order valence-corrected chi connectivity index (χ0v) is 7.86. The Bertz CT molecular complexity index is 311. The highest BCUT2D eigenvalue weighted by Crippen LogP contribution is 2.06. The van der Waals surface area contributed by atoms with Gasteiger partial charge < -0.3 is 21.2 Å². The average molecular weight is 199 g/mol. The van der Waals surface area contributed by atoms with Crippen molar-refractivity contribution in [3.05, 3.63) is 5.89 Å². The number of carbonyl (C=O) groups is 1. The van der Waals surface area contributed by atoms with Crippen LogP contribution < -0.4 is 16.8 Å². The highest BCUT2D eigenvalue weighted by molar-refractivity contribution is 5.81. The van der Waals surface area contributed by atoms with Crippen molar-refractivity contribution in [1.29, 1.82) is 0 Å². The van der Waals surface area contributed by atoms with Crippen molar-refractivity contribution < 1.29 is 9.21 Å². The van der Waals surface area contributed by atoms with Crippen LogP contribution in [0.1, 0.15) is 12.8 Å². The Morgan fingerprint density at radius 1 is 1.64 bits per heavy atom. The molecule has 14 heavy (non-hydrogen) atoms. The zero-order chi connectivity index (χ0) is 10.6. The molecule has 0 aliphatic heterocycles. The Balaban J connectivity index is 2.55. The number of anilines is 1. The summed E-state index contributed by atoms with van der Waals surface area (Å²) in [5.41, 5.74) is 10.3. The fourth-order valence-corrected chi connectivity index (χ4v) is 0.793. The van der Waals surface area contributed by atoms with Crippen LogP contribution in [0.15, 0.2) is 4.42 Å². The van der Waals surface area contributed by atoms with Gasteiger partial charge in [-0.1, -0.05) is 5.10 Å². The van der Waals surface area contributed by atoms with E-state index in [9.17, 15) is 4.79 Å². The number of nitrogens with zero attached hydrogens (tertiary/aromatic N) is 2. The van der Waals surface area contributed by atoms with Gasteiger partial charge in [-0.05, 0) is 6.92 Å². The van der Waals surface area contributed by atoms with Gasteiger partial charge in [0.05, 0.1) is 0 Å². The minimum Gasteiger partial charge on any atom is -0.408 e. The van der Waals surface area contributed by atoms with Crippen LogP contribution in [0.3, 0.4) is 0 Å². The molecular formula is C7H13N5O2. The quantitative estimate of drug-likeness (QED) is 0.551. The molecule has 1 amide bonds. The molecule has 1 atom stereocenters. The van der Waals surface area contributed by atoms with Crippen LogP contribution in [0.4, 0.5) is 6.01 Å². The number of amides is 1. The number of rotatable bonds is 5. The summed E-state index contributed by atoms with van der Waals surface area (Å²) in [7, 11) is 0. The molecule has 1 heterocycles. The molecule has 0 saturated heterocycles. The molecule has 0 aliphatic rings. The van der Waals surface area contributed by atoms with E-state index in [0.29, 0.717) is 18.9 Å². The largest absolute Gasteiger partial charge is 0.408 e. The number of nitrogens with one attached hydrogen (secondary N) is 1. The fraction of sp³-hybridized carbons (Fsp3) is 0.571. The number of carbonyl (C=O) groups excluding carboxylic acids is 1. The lowest BCUT2D eigenvalue weighted by Gasteiger charge is -2.05. The van der Waals surface area contributed by atoms with E-state index < -0.39 is 11.9 Å². The standard InChI is InChI=1S/C7H13N5O2/c1-4(6(9)13)10-7-12-11-5(14-7)2-3-8/h4H,2-3,8H2,1H3,(H2,9,13)(H,10,12). The zero-order valence-electron chi connectivity index (χ0n) is 7.86. The lowest BCUT2D eigenvalue weighted by Crippen LogP contribution is -2.32. The predicted molar refractivity (Wildman–Crippen MR) is 49.3 cm³/mol. The van der Waals surface area contributed by atoms with E-state index >= 15 is 0 Å². The average Bonchev–Trinajstić information content (AvgIpc) is 2.53. The van der Waals surface area contributed by atoms with E-state index in [1.54, 1.807) is 6.92 Å². The van der Waals surface area contributed by atoms with Gasteiger partial charge in [0.1, 0.15) is 6.04 Å². The summed E-state index contributed by atoms with van der Waals surface area (Å²) in [6, 6.07) is -0.360. The molecule has 1 unspecified atom stereocenters.